The van der Waals surface area contributed by atoms with E-state index in [2.05, 4.69) is 0 Å². The molecule has 1 fully saturated rings. The third-order valence-corrected chi connectivity index (χ3v) is 3.41. The van der Waals surface area contributed by atoms with Crippen molar-refractivity contribution in [3.05, 3.63) is 29.6 Å². The molecule has 1 aliphatic carbocycles. The van der Waals surface area contributed by atoms with E-state index in [1.54, 1.807) is 13.0 Å². The van der Waals surface area contributed by atoms with Crippen LogP contribution in [0.15, 0.2) is 18.2 Å². The summed E-state index contributed by atoms with van der Waals surface area (Å²) in [5.74, 6) is 0.260. The second-order valence-corrected chi connectivity index (χ2v) is 4.98. The molecule has 1 saturated carbocycles. The van der Waals surface area contributed by atoms with Gasteiger partial charge in [-0.2, -0.15) is 0 Å². The van der Waals surface area contributed by atoms with Crippen molar-refractivity contribution in [1.82, 2.24) is 0 Å². The lowest BCUT2D eigenvalue weighted by Gasteiger charge is -2.29. The van der Waals surface area contributed by atoms with Gasteiger partial charge in [0, 0.05) is 11.6 Å². The molecule has 2 unspecified atom stereocenters. The van der Waals surface area contributed by atoms with Crippen molar-refractivity contribution < 1.29 is 14.2 Å². The van der Waals surface area contributed by atoms with Gasteiger partial charge in [0.1, 0.15) is 17.7 Å². The van der Waals surface area contributed by atoms with Crippen molar-refractivity contribution in [1.29, 1.82) is 0 Å². The predicted molar refractivity (Wildman–Crippen MR) is 67.9 cm³/mol. The molecule has 2 rings (SSSR count). The molecule has 0 amide bonds. The normalized spacial score (nSPS) is 25.8. The van der Waals surface area contributed by atoms with Crippen molar-refractivity contribution in [2.24, 2.45) is 5.73 Å². The Kier molecular flexibility index (Phi) is 4.19. The first kappa shape index (κ1) is 13.3. The molecule has 1 aromatic rings. The average molecular weight is 253 g/mol. The van der Waals surface area contributed by atoms with E-state index in [4.69, 9.17) is 10.5 Å². The fourth-order valence-corrected chi connectivity index (χ4v) is 2.36. The highest BCUT2D eigenvalue weighted by Crippen LogP contribution is 2.29. The summed E-state index contributed by atoms with van der Waals surface area (Å²) in [4.78, 5) is 0. The molecule has 0 aromatic heterocycles. The summed E-state index contributed by atoms with van der Waals surface area (Å²) in [5.41, 5.74) is 6.46. The zero-order valence-electron chi connectivity index (χ0n) is 10.6. The summed E-state index contributed by atoms with van der Waals surface area (Å²) in [6.45, 7) is 1.79. The van der Waals surface area contributed by atoms with E-state index in [0.29, 0.717) is 11.3 Å². The third kappa shape index (κ3) is 3.00. The molecular weight excluding hydrogens is 233 g/mol. The third-order valence-electron chi connectivity index (χ3n) is 3.41. The van der Waals surface area contributed by atoms with Gasteiger partial charge in [0.2, 0.25) is 0 Å². The zero-order valence-corrected chi connectivity index (χ0v) is 10.6. The monoisotopic (exact) mass is 253 g/mol. The Labute approximate surface area is 107 Å². The Bertz CT molecular complexity index is 409. The molecule has 3 atom stereocenters. The van der Waals surface area contributed by atoms with Crippen molar-refractivity contribution in [2.75, 3.05) is 0 Å². The summed E-state index contributed by atoms with van der Waals surface area (Å²) in [7, 11) is 0. The predicted octanol–water partition coefficient (Wildman–Crippen LogP) is 2.53. The van der Waals surface area contributed by atoms with Gasteiger partial charge in [-0.05, 0) is 44.4 Å². The van der Waals surface area contributed by atoms with Crippen LogP contribution in [0.25, 0.3) is 0 Å². The molecule has 0 aliphatic heterocycles. The lowest BCUT2D eigenvalue weighted by Crippen LogP contribution is -2.35. The Morgan fingerprint density at radius 2 is 2.11 bits per heavy atom. The average Bonchev–Trinajstić information content (AvgIpc) is 2.34. The van der Waals surface area contributed by atoms with Crippen LogP contribution in [-0.2, 0) is 0 Å². The number of hydrogen-bond donors (Lipinski definition) is 2. The molecule has 0 heterocycles. The minimum atomic E-state index is -0.440. The minimum Gasteiger partial charge on any atom is -0.487 e. The van der Waals surface area contributed by atoms with Crippen LogP contribution in [0.4, 0.5) is 4.39 Å². The molecule has 100 valence electrons. The fraction of sp³-hybridized carbons (Fsp3) is 0.571. The van der Waals surface area contributed by atoms with E-state index >= 15 is 0 Å². The maximum Gasteiger partial charge on any atom is 0.124 e. The molecule has 0 radical (unpaired) electrons. The van der Waals surface area contributed by atoms with E-state index in [0.717, 1.165) is 25.7 Å². The molecule has 0 bridgehead atoms. The second-order valence-electron chi connectivity index (χ2n) is 4.98. The fourth-order valence-electron chi connectivity index (χ4n) is 2.36. The Morgan fingerprint density at radius 3 is 2.78 bits per heavy atom. The number of aliphatic hydroxyl groups is 1. The SMILES string of the molecule is C[C@@H](N)c1cc(F)ccc1OC1CCCCC1O. The highest BCUT2D eigenvalue weighted by atomic mass is 19.1. The van der Waals surface area contributed by atoms with Gasteiger partial charge in [0.15, 0.2) is 0 Å². The summed E-state index contributed by atoms with van der Waals surface area (Å²) in [5, 5.41) is 9.88. The first-order valence-electron chi connectivity index (χ1n) is 6.47. The summed E-state index contributed by atoms with van der Waals surface area (Å²) >= 11 is 0. The molecule has 3 N–H and O–H groups in total. The van der Waals surface area contributed by atoms with Crippen LogP contribution in [0.1, 0.15) is 44.2 Å². The highest BCUT2D eigenvalue weighted by molar-refractivity contribution is 5.36. The molecule has 1 aromatic carbocycles. The molecule has 0 spiro atoms. The quantitative estimate of drug-likeness (QED) is 0.870. The molecule has 3 nitrogen and oxygen atoms in total. The van der Waals surface area contributed by atoms with Crippen LogP contribution < -0.4 is 10.5 Å². The first-order valence-corrected chi connectivity index (χ1v) is 6.47. The highest BCUT2D eigenvalue weighted by Gasteiger charge is 2.25. The van der Waals surface area contributed by atoms with Crippen molar-refractivity contribution in [3.8, 4) is 5.75 Å². The molecule has 0 saturated heterocycles. The number of nitrogens with two attached hydrogens (primary N) is 1. The van der Waals surface area contributed by atoms with Crippen LogP contribution in [0.5, 0.6) is 5.75 Å². The van der Waals surface area contributed by atoms with Crippen LogP contribution in [0.3, 0.4) is 0 Å². The Hall–Kier alpha value is -1.13. The first-order chi connectivity index (χ1) is 8.58. The summed E-state index contributed by atoms with van der Waals surface area (Å²) < 4.78 is 19.0. The smallest absolute Gasteiger partial charge is 0.124 e. The van der Waals surface area contributed by atoms with Gasteiger partial charge in [-0.15, -0.1) is 0 Å². The maximum absolute atomic E-state index is 13.2. The van der Waals surface area contributed by atoms with Crippen LogP contribution in [-0.4, -0.2) is 17.3 Å². The van der Waals surface area contributed by atoms with Crippen molar-refractivity contribution in [2.45, 2.75) is 50.9 Å². The number of hydrogen-bond acceptors (Lipinski definition) is 3. The van der Waals surface area contributed by atoms with Gasteiger partial charge < -0.3 is 15.6 Å². The lowest BCUT2D eigenvalue weighted by atomic mass is 9.94. The van der Waals surface area contributed by atoms with Gasteiger partial charge in [0.05, 0.1) is 6.10 Å². The van der Waals surface area contributed by atoms with Gasteiger partial charge in [-0.3, -0.25) is 0 Å². The van der Waals surface area contributed by atoms with Gasteiger partial charge in [-0.25, -0.2) is 4.39 Å². The van der Waals surface area contributed by atoms with Crippen LogP contribution in [0.2, 0.25) is 0 Å². The standard InChI is InChI=1S/C14H20FNO2/c1-9(16)11-8-10(15)6-7-13(11)18-14-5-3-2-4-12(14)17/h6-9,12,14,17H,2-5,16H2,1H3/t9-,12?,14?/m1/s1. The Balaban J connectivity index is 2.17. The van der Waals surface area contributed by atoms with Gasteiger partial charge in [0.25, 0.3) is 0 Å². The van der Waals surface area contributed by atoms with E-state index in [1.165, 1.54) is 12.1 Å². The largest absolute Gasteiger partial charge is 0.487 e. The Morgan fingerprint density at radius 1 is 1.39 bits per heavy atom. The van der Waals surface area contributed by atoms with Gasteiger partial charge in [-0.1, -0.05) is 6.42 Å². The number of aliphatic hydroxyl groups excluding tert-OH is 1. The molecule has 1 aliphatic rings. The second kappa shape index (κ2) is 5.67. The number of benzene rings is 1. The van der Waals surface area contributed by atoms with Crippen molar-refractivity contribution >= 4 is 0 Å². The number of ether oxygens (including phenoxy) is 1. The maximum atomic E-state index is 13.2. The lowest BCUT2D eigenvalue weighted by molar-refractivity contribution is 0.00623. The molecular formula is C14H20FNO2. The zero-order chi connectivity index (χ0) is 13.1. The van der Waals surface area contributed by atoms with E-state index in [9.17, 15) is 9.50 Å². The van der Waals surface area contributed by atoms with E-state index < -0.39 is 6.10 Å². The van der Waals surface area contributed by atoms with Crippen LogP contribution >= 0.6 is 0 Å². The minimum absolute atomic E-state index is 0.207. The number of halogens is 1. The molecule has 4 heteroatoms. The topological polar surface area (TPSA) is 55.5 Å². The van der Waals surface area contributed by atoms with Gasteiger partial charge >= 0.3 is 0 Å². The van der Waals surface area contributed by atoms with E-state index in [-0.39, 0.29) is 18.0 Å². The van der Waals surface area contributed by atoms with Crippen LogP contribution in [0, 0.1) is 5.82 Å². The van der Waals surface area contributed by atoms with E-state index in [1.807, 2.05) is 0 Å². The summed E-state index contributed by atoms with van der Waals surface area (Å²) in [6.07, 6.45) is 3.03. The number of rotatable bonds is 3. The summed E-state index contributed by atoms with van der Waals surface area (Å²) in [6, 6.07) is 4.05. The molecule has 18 heavy (non-hydrogen) atoms. The van der Waals surface area contributed by atoms with Crippen molar-refractivity contribution in [3.63, 3.8) is 0 Å².